The molecular formula is C33H49BrN4O. The van der Waals surface area contributed by atoms with E-state index in [9.17, 15) is 0 Å². The molecule has 0 saturated carbocycles. The summed E-state index contributed by atoms with van der Waals surface area (Å²) in [6.45, 7) is 17.0. The van der Waals surface area contributed by atoms with Crippen LogP contribution in [0.5, 0.6) is 0 Å². The Kier molecular flexibility index (Phi) is 16.2. The lowest BCUT2D eigenvalue weighted by Gasteiger charge is -2.21. The number of nitrogens with zero attached hydrogens (tertiary/aromatic N) is 2. The molecule has 5 nitrogen and oxygen atoms in total. The van der Waals surface area contributed by atoms with Crippen molar-refractivity contribution in [2.75, 3.05) is 26.5 Å². The van der Waals surface area contributed by atoms with Gasteiger partial charge in [0.15, 0.2) is 0 Å². The summed E-state index contributed by atoms with van der Waals surface area (Å²) < 4.78 is 8.70. The van der Waals surface area contributed by atoms with Crippen molar-refractivity contribution < 1.29 is 4.74 Å². The molecule has 214 valence electrons. The number of hydrogen-bond acceptors (Lipinski definition) is 4. The number of hydrogen-bond donors (Lipinski definition) is 2. The van der Waals surface area contributed by atoms with Gasteiger partial charge >= 0.3 is 0 Å². The van der Waals surface area contributed by atoms with Crippen LogP contribution in [-0.4, -0.2) is 36.9 Å². The highest BCUT2D eigenvalue weighted by Crippen LogP contribution is 2.34. The third-order valence-corrected chi connectivity index (χ3v) is 7.11. The van der Waals surface area contributed by atoms with Crippen LogP contribution in [0, 0.1) is 0 Å². The molecule has 2 N–H and O–H groups in total. The van der Waals surface area contributed by atoms with Crippen molar-refractivity contribution in [3.05, 3.63) is 106 Å². The van der Waals surface area contributed by atoms with Crippen molar-refractivity contribution >= 4 is 21.9 Å². The van der Waals surface area contributed by atoms with Crippen molar-refractivity contribution in [2.24, 2.45) is 0 Å². The number of anilines is 1. The van der Waals surface area contributed by atoms with Gasteiger partial charge in [-0.2, -0.15) is 0 Å². The van der Waals surface area contributed by atoms with Crippen LogP contribution in [0.15, 0.2) is 99.9 Å². The Bertz CT molecular complexity index is 1140. The van der Waals surface area contributed by atoms with E-state index in [0.29, 0.717) is 0 Å². The third-order valence-electron chi connectivity index (χ3n) is 6.52. The van der Waals surface area contributed by atoms with Crippen LogP contribution in [-0.2, 0) is 11.3 Å². The zero-order chi connectivity index (χ0) is 29.4. The predicted molar refractivity (Wildman–Crippen MR) is 174 cm³/mol. The van der Waals surface area contributed by atoms with Gasteiger partial charge in [-0.25, -0.2) is 4.98 Å². The molecular weight excluding hydrogens is 548 g/mol. The van der Waals surface area contributed by atoms with E-state index in [1.165, 1.54) is 22.3 Å². The van der Waals surface area contributed by atoms with Gasteiger partial charge in [-0.15, -0.1) is 0 Å². The fraction of sp³-hybridized carbons (Fsp3) is 0.424. The van der Waals surface area contributed by atoms with E-state index in [2.05, 4.69) is 114 Å². The average molecular weight is 598 g/mol. The lowest BCUT2D eigenvalue weighted by molar-refractivity contribution is 0.142. The molecule has 0 spiro atoms. The second-order valence-electron chi connectivity index (χ2n) is 9.24. The number of aromatic nitrogens is 2. The van der Waals surface area contributed by atoms with E-state index in [1.807, 2.05) is 34.0 Å². The van der Waals surface area contributed by atoms with Crippen molar-refractivity contribution in [3.63, 3.8) is 0 Å². The lowest BCUT2D eigenvalue weighted by atomic mass is 9.86. The summed E-state index contributed by atoms with van der Waals surface area (Å²) in [7, 11) is 5.64. The summed E-state index contributed by atoms with van der Waals surface area (Å²) in [6.07, 6.45) is 23.2. The van der Waals surface area contributed by atoms with Crippen molar-refractivity contribution in [2.45, 2.75) is 73.0 Å². The summed E-state index contributed by atoms with van der Waals surface area (Å²) in [4.78, 5) is 5.05. The van der Waals surface area contributed by atoms with Crippen molar-refractivity contribution in [1.29, 1.82) is 0 Å². The minimum atomic E-state index is 0.129. The molecule has 2 rings (SSSR count). The fourth-order valence-corrected chi connectivity index (χ4v) is 4.32. The predicted octanol–water partition coefficient (Wildman–Crippen LogP) is 8.75. The van der Waals surface area contributed by atoms with Crippen LogP contribution >= 0.6 is 15.9 Å². The van der Waals surface area contributed by atoms with Gasteiger partial charge in [0.2, 0.25) is 5.95 Å². The highest BCUT2D eigenvalue weighted by atomic mass is 79.9. The first-order chi connectivity index (χ1) is 18.8. The SMILES string of the molecule is C=C/C(Br)=C\C=C(/C)CC(C1=CCC(OC)C=C1)c1cn(CC(/C=C\C)=C/C(C)=C(\C)NC)c(NC)n1.CC. The Hall–Kier alpha value is -2.83. The molecule has 1 aromatic rings. The summed E-state index contributed by atoms with van der Waals surface area (Å²) in [5.41, 5.74) is 7.17. The van der Waals surface area contributed by atoms with E-state index in [1.54, 1.807) is 13.2 Å². The first kappa shape index (κ1) is 34.2. The monoisotopic (exact) mass is 596 g/mol. The van der Waals surface area contributed by atoms with Crippen LogP contribution in [0.4, 0.5) is 5.95 Å². The van der Waals surface area contributed by atoms with Gasteiger partial charge in [0.05, 0.1) is 18.3 Å². The first-order valence-electron chi connectivity index (χ1n) is 13.8. The van der Waals surface area contributed by atoms with Gasteiger partial charge in [0.25, 0.3) is 0 Å². The second-order valence-corrected chi connectivity index (χ2v) is 10.2. The maximum atomic E-state index is 5.53. The molecule has 1 aliphatic rings. The second kappa shape index (κ2) is 18.5. The number of imidazole rings is 1. The largest absolute Gasteiger partial charge is 0.391 e. The maximum absolute atomic E-state index is 5.53. The molecule has 0 fully saturated rings. The average Bonchev–Trinajstić information content (AvgIpc) is 3.37. The van der Waals surface area contributed by atoms with Crippen LogP contribution in [0.3, 0.4) is 0 Å². The highest BCUT2D eigenvalue weighted by Gasteiger charge is 2.23. The Balaban J connectivity index is 0.00000371. The summed E-state index contributed by atoms with van der Waals surface area (Å²) in [5, 5.41) is 6.54. The van der Waals surface area contributed by atoms with E-state index in [0.717, 1.165) is 41.2 Å². The molecule has 1 aromatic heterocycles. The van der Waals surface area contributed by atoms with E-state index in [-0.39, 0.29) is 12.0 Å². The summed E-state index contributed by atoms with van der Waals surface area (Å²) in [6, 6.07) is 0. The van der Waals surface area contributed by atoms with Crippen LogP contribution in [0.1, 0.15) is 66.0 Å². The van der Waals surface area contributed by atoms with E-state index >= 15 is 0 Å². The summed E-state index contributed by atoms with van der Waals surface area (Å²) >= 11 is 3.52. The molecule has 0 radical (unpaired) electrons. The number of nitrogens with one attached hydrogen (secondary N) is 2. The van der Waals surface area contributed by atoms with Crippen LogP contribution < -0.4 is 10.6 Å². The van der Waals surface area contributed by atoms with Crippen LogP contribution in [0.2, 0.25) is 0 Å². The zero-order valence-corrected chi connectivity index (χ0v) is 27.0. The quantitative estimate of drug-likeness (QED) is 0.223. The molecule has 0 aliphatic heterocycles. The van der Waals surface area contributed by atoms with Gasteiger partial charge < -0.3 is 19.9 Å². The zero-order valence-electron chi connectivity index (χ0n) is 25.4. The molecule has 2 unspecified atom stereocenters. The van der Waals surface area contributed by atoms with Crippen molar-refractivity contribution in [3.8, 4) is 0 Å². The first-order valence-corrected chi connectivity index (χ1v) is 14.5. The number of allylic oxidation sites excluding steroid dienone is 13. The Morgan fingerprint density at radius 1 is 1.26 bits per heavy atom. The molecule has 2 atom stereocenters. The molecule has 6 heteroatoms. The van der Waals surface area contributed by atoms with Crippen molar-refractivity contribution in [1.82, 2.24) is 14.9 Å². The van der Waals surface area contributed by atoms with Gasteiger partial charge in [0, 0.05) is 43.5 Å². The molecule has 0 aromatic carbocycles. The standard InChI is InChI=1S/C31H43BrN4O.C2H6/c1-9-11-25(19-23(4)24(5)33-6)20-36-21-30(35-31(36)34-7)29(18-22(3)12-15-27(32)10-2)26-13-16-28(37-8)17-14-26;1-2/h9-16,19,21,28-29,33H,2,17-18,20H2,1,3-8H3,(H,34,35);1-2H3/b11-9-,22-12+,24-23+,25-19+,27-15+;. The molecule has 1 aliphatic carbocycles. The smallest absolute Gasteiger partial charge is 0.203 e. The lowest BCUT2D eigenvalue weighted by Crippen LogP contribution is -2.12. The Morgan fingerprint density at radius 2 is 1.97 bits per heavy atom. The van der Waals surface area contributed by atoms with Gasteiger partial charge in [-0.3, -0.25) is 0 Å². The van der Waals surface area contributed by atoms with E-state index < -0.39 is 0 Å². The maximum Gasteiger partial charge on any atom is 0.203 e. The third kappa shape index (κ3) is 11.1. The minimum absolute atomic E-state index is 0.129. The Labute approximate surface area is 246 Å². The fourth-order valence-electron chi connectivity index (χ4n) is 4.19. The normalized spacial score (nSPS) is 17.7. The van der Waals surface area contributed by atoms with Gasteiger partial charge in [0.1, 0.15) is 0 Å². The number of halogens is 1. The van der Waals surface area contributed by atoms with Gasteiger partial charge in [-0.1, -0.05) is 90.5 Å². The van der Waals surface area contributed by atoms with Gasteiger partial charge in [-0.05, 0) is 63.3 Å². The molecule has 0 amide bonds. The topological polar surface area (TPSA) is 51.1 Å². The number of rotatable bonds is 13. The number of methoxy groups -OCH3 is 1. The molecule has 0 saturated heterocycles. The summed E-state index contributed by atoms with van der Waals surface area (Å²) in [5.74, 6) is 0.991. The van der Waals surface area contributed by atoms with E-state index in [4.69, 9.17) is 9.72 Å². The molecule has 0 bridgehead atoms. The highest BCUT2D eigenvalue weighted by molar-refractivity contribution is 9.11. The Morgan fingerprint density at radius 3 is 2.51 bits per heavy atom. The number of ether oxygens (including phenoxy) is 1. The molecule has 39 heavy (non-hydrogen) atoms. The minimum Gasteiger partial charge on any atom is -0.391 e. The van der Waals surface area contributed by atoms with Crippen LogP contribution in [0.25, 0.3) is 0 Å². The molecule has 1 heterocycles.